The van der Waals surface area contributed by atoms with Crippen molar-refractivity contribution in [2.24, 2.45) is 0 Å². The molecule has 7 heteroatoms. The third-order valence-corrected chi connectivity index (χ3v) is 1.20. The number of aromatic nitrogens is 2. The zero-order valence-corrected chi connectivity index (χ0v) is 5.59. The van der Waals surface area contributed by atoms with E-state index in [2.05, 4.69) is 5.10 Å². The lowest BCUT2D eigenvalue weighted by molar-refractivity contribution is -0.143. The van der Waals surface area contributed by atoms with Gasteiger partial charge in [0.25, 0.3) is 0 Å². The highest BCUT2D eigenvalue weighted by molar-refractivity contribution is 6.29. The Morgan fingerprint density at radius 3 is 2.09 bits per heavy atom. The maximum Gasteiger partial charge on any atom is 0.435 e. The Morgan fingerprint density at radius 1 is 1.36 bits per heavy atom. The molecule has 0 unspecified atom stereocenters. The third-order valence-electron chi connectivity index (χ3n) is 0.950. The van der Waals surface area contributed by atoms with E-state index in [0.717, 1.165) is 0 Å². The van der Waals surface area contributed by atoms with Crippen LogP contribution in [0.5, 0.6) is 0 Å². The fraction of sp³-hybridized carbons (Fsp3) is 0.250. The van der Waals surface area contributed by atoms with Gasteiger partial charge in [-0.2, -0.15) is 18.3 Å². The van der Waals surface area contributed by atoms with E-state index >= 15 is 0 Å². The third kappa shape index (κ3) is 1.45. The Labute approximate surface area is 63.2 Å². The van der Waals surface area contributed by atoms with E-state index in [0.29, 0.717) is 0 Å². The first-order valence-corrected chi connectivity index (χ1v) is 2.77. The number of nitrogens with one attached hydrogen (secondary N) is 1. The number of aromatic amines is 1. The molecule has 1 N–H and O–H groups in total. The van der Waals surface area contributed by atoms with E-state index in [4.69, 9.17) is 11.6 Å². The van der Waals surface area contributed by atoms with Gasteiger partial charge < -0.3 is 0 Å². The van der Waals surface area contributed by atoms with Crippen molar-refractivity contribution in [3.05, 3.63) is 16.7 Å². The molecule has 0 saturated heterocycles. The molecule has 0 amide bonds. The average Bonchev–Trinajstić information content (AvgIpc) is 2.11. The summed E-state index contributed by atoms with van der Waals surface area (Å²) in [4.78, 5) is 0. The predicted molar refractivity (Wildman–Crippen MR) is 28.6 cm³/mol. The fourth-order valence-electron chi connectivity index (χ4n) is 0.494. The van der Waals surface area contributed by atoms with E-state index < -0.39 is 22.8 Å². The summed E-state index contributed by atoms with van der Waals surface area (Å²) < 4.78 is 47.4. The first-order chi connectivity index (χ1) is 4.93. The summed E-state index contributed by atoms with van der Waals surface area (Å²) in [5, 5.41) is 3.45. The summed E-state index contributed by atoms with van der Waals surface area (Å²) in [5.74, 6) is -1.57. The molecule has 1 heterocycles. The molecular weight excluding hydrogens is 188 g/mol. The van der Waals surface area contributed by atoms with Gasteiger partial charge in [0, 0.05) is 0 Å². The van der Waals surface area contributed by atoms with Crippen LogP contribution in [0.25, 0.3) is 0 Å². The van der Waals surface area contributed by atoms with E-state index in [1.54, 1.807) is 0 Å². The quantitative estimate of drug-likeness (QED) is 0.622. The molecule has 11 heavy (non-hydrogen) atoms. The first-order valence-electron chi connectivity index (χ1n) is 2.39. The van der Waals surface area contributed by atoms with Crippen molar-refractivity contribution in [3.63, 3.8) is 0 Å². The van der Waals surface area contributed by atoms with Gasteiger partial charge in [-0.05, 0) is 0 Å². The van der Waals surface area contributed by atoms with Gasteiger partial charge in [0.2, 0.25) is 0 Å². The number of hydrogen-bond donors (Lipinski definition) is 1. The van der Waals surface area contributed by atoms with Crippen LogP contribution < -0.4 is 0 Å². The Kier molecular flexibility index (Phi) is 1.79. The zero-order valence-electron chi connectivity index (χ0n) is 4.84. The molecule has 0 radical (unpaired) electrons. The fourth-order valence-corrected chi connectivity index (χ4v) is 0.631. The molecule has 62 valence electrons. The number of alkyl halides is 3. The molecule has 0 bridgehead atoms. The number of halogens is 5. The Hall–Kier alpha value is -0.780. The van der Waals surface area contributed by atoms with Crippen LogP contribution in [0.4, 0.5) is 17.6 Å². The van der Waals surface area contributed by atoms with Gasteiger partial charge in [0.15, 0.2) is 16.7 Å². The van der Waals surface area contributed by atoms with Gasteiger partial charge in [-0.15, -0.1) is 0 Å². The number of nitrogens with zero attached hydrogens (tertiary/aromatic N) is 1. The summed E-state index contributed by atoms with van der Waals surface area (Å²) in [6, 6.07) is 0. The van der Waals surface area contributed by atoms with Crippen molar-refractivity contribution in [1.82, 2.24) is 10.2 Å². The van der Waals surface area contributed by atoms with Crippen molar-refractivity contribution in [2.45, 2.75) is 6.18 Å². The minimum absolute atomic E-state index is 0.808. The monoisotopic (exact) mass is 188 g/mol. The van der Waals surface area contributed by atoms with Crippen molar-refractivity contribution in [1.29, 1.82) is 0 Å². The van der Waals surface area contributed by atoms with Gasteiger partial charge in [-0.25, -0.2) is 4.39 Å². The smallest absolute Gasteiger partial charge is 0.270 e. The number of hydrogen-bond acceptors (Lipinski definition) is 1. The second-order valence-corrected chi connectivity index (χ2v) is 2.06. The minimum atomic E-state index is -4.77. The van der Waals surface area contributed by atoms with Gasteiger partial charge in [0.1, 0.15) is 0 Å². The largest absolute Gasteiger partial charge is 0.435 e. The van der Waals surface area contributed by atoms with E-state index in [1.165, 1.54) is 5.10 Å². The second kappa shape index (κ2) is 2.37. The topological polar surface area (TPSA) is 28.7 Å². The molecular formula is C4HClF4N2. The summed E-state index contributed by atoms with van der Waals surface area (Å²) in [5.41, 5.74) is -1.55. The molecule has 0 aliphatic rings. The Morgan fingerprint density at radius 2 is 1.91 bits per heavy atom. The van der Waals surface area contributed by atoms with Crippen molar-refractivity contribution >= 4 is 11.6 Å². The van der Waals surface area contributed by atoms with Crippen LogP contribution in [0.15, 0.2) is 0 Å². The van der Waals surface area contributed by atoms with Crippen molar-refractivity contribution in [2.75, 3.05) is 0 Å². The molecule has 0 aliphatic heterocycles. The Bertz CT molecular complexity index is 266. The average molecular weight is 189 g/mol. The molecule has 0 fully saturated rings. The van der Waals surface area contributed by atoms with Gasteiger partial charge in [-0.3, -0.25) is 5.10 Å². The van der Waals surface area contributed by atoms with Gasteiger partial charge in [0.05, 0.1) is 0 Å². The summed E-state index contributed by atoms with van der Waals surface area (Å²) in [6.45, 7) is 0. The van der Waals surface area contributed by atoms with Crippen LogP contribution in [-0.4, -0.2) is 10.2 Å². The molecule has 0 saturated carbocycles. The minimum Gasteiger partial charge on any atom is -0.270 e. The maximum atomic E-state index is 12.3. The lowest BCUT2D eigenvalue weighted by Crippen LogP contribution is -2.07. The summed E-state index contributed by atoms with van der Waals surface area (Å²) in [6.07, 6.45) is -4.77. The van der Waals surface area contributed by atoms with Gasteiger partial charge >= 0.3 is 6.18 Å². The van der Waals surface area contributed by atoms with E-state index in [-0.39, 0.29) is 0 Å². The van der Waals surface area contributed by atoms with Crippen LogP contribution in [0.2, 0.25) is 5.15 Å². The Balaban J connectivity index is 3.15. The zero-order chi connectivity index (χ0) is 8.65. The number of H-pyrrole nitrogens is 1. The highest BCUT2D eigenvalue weighted by Crippen LogP contribution is 2.31. The molecule has 1 rings (SSSR count). The van der Waals surface area contributed by atoms with Crippen molar-refractivity contribution in [3.8, 4) is 0 Å². The summed E-state index contributed by atoms with van der Waals surface area (Å²) in [7, 11) is 0. The lowest BCUT2D eigenvalue weighted by atomic mass is 10.4. The normalized spacial score (nSPS) is 12.1. The molecule has 0 spiro atoms. The lowest BCUT2D eigenvalue weighted by Gasteiger charge is -2.00. The van der Waals surface area contributed by atoms with Crippen LogP contribution in [0.3, 0.4) is 0 Å². The summed E-state index contributed by atoms with van der Waals surface area (Å²) >= 11 is 4.92. The molecule has 1 aromatic rings. The number of rotatable bonds is 0. The standard InChI is InChI=1S/C4HClF4N2/c5-3-1(6)2(10-11-3)4(7,8)9/h(H,10,11). The van der Waals surface area contributed by atoms with E-state index in [9.17, 15) is 17.6 Å². The second-order valence-electron chi connectivity index (χ2n) is 1.70. The molecule has 0 aliphatic carbocycles. The van der Waals surface area contributed by atoms with Crippen LogP contribution in [-0.2, 0) is 6.18 Å². The SMILES string of the molecule is Fc1c(Cl)n[nH]c1C(F)(F)F. The first kappa shape index (κ1) is 8.32. The molecule has 1 aromatic heterocycles. The highest BCUT2D eigenvalue weighted by atomic mass is 35.5. The molecule has 0 aromatic carbocycles. The van der Waals surface area contributed by atoms with E-state index in [1.807, 2.05) is 0 Å². The van der Waals surface area contributed by atoms with Crippen LogP contribution >= 0.6 is 11.6 Å². The highest BCUT2D eigenvalue weighted by Gasteiger charge is 2.37. The predicted octanol–water partition coefficient (Wildman–Crippen LogP) is 2.22. The van der Waals surface area contributed by atoms with Gasteiger partial charge in [-0.1, -0.05) is 11.6 Å². The maximum absolute atomic E-state index is 12.3. The molecule has 0 atom stereocenters. The van der Waals surface area contributed by atoms with Crippen molar-refractivity contribution < 1.29 is 17.6 Å². The van der Waals surface area contributed by atoms with Crippen LogP contribution in [0, 0.1) is 5.82 Å². The molecule has 2 nitrogen and oxygen atoms in total. The van der Waals surface area contributed by atoms with Crippen LogP contribution in [0.1, 0.15) is 5.69 Å².